The van der Waals surface area contributed by atoms with Crippen molar-refractivity contribution in [3.8, 4) is 0 Å². The van der Waals surface area contributed by atoms with Crippen molar-refractivity contribution in [2.24, 2.45) is 5.41 Å². The molecule has 0 aromatic carbocycles. The lowest BCUT2D eigenvalue weighted by atomic mass is 9.76. The Balaban J connectivity index is 1.60. The van der Waals surface area contributed by atoms with Crippen molar-refractivity contribution in [1.82, 2.24) is 14.3 Å². The molecule has 2 aliphatic heterocycles. The lowest BCUT2D eigenvalue weighted by Gasteiger charge is -2.45. The van der Waals surface area contributed by atoms with Gasteiger partial charge in [-0.3, -0.25) is 0 Å². The highest BCUT2D eigenvalue weighted by atomic mass is 32.2. The van der Waals surface area contributed by atoms with Gasteiger partial charge in [0.25, 0.3) is 5.92 Å². The van der Waals surface area contributed by atoms with Gasteiger partial charge in [0.1, 0.15) is 0 Å². The number of piperidine rings is 1. The normalized spacial score (nSPS) is 30.8. The second-order valence-corrected chi connectivity index (χ2v) is 9.25. The van der Waals surface area contributed by atoms with Crippen LogP contribution in [0.4, 0.5) is 14.7 Å². The van der Waals surface area contributed by atoms with Crippen LogP contribution in [-0.4, -0.2) is 60.0 Å². The number of anilines is 1. The SMILES string of the molecule is O=S(=O)(C1CC1)N1CCC(F)(F)C2(CCN(c3ncccn3)C2)C1. The van der Waals surface area contributed by atoms with Crippen LogP contribution in [0.3, 0.4) is 0 Å². The van der Waals surface area contributed by atoms with Crippen molar-refractivity contribution < 1.29 is 17.2 Å². The molecule has 1 atom stereocenters. The van der Waals surface area contributed by atoms with Gasteiger partial charge in [-0.25, -0.2) is 31.5 Å². The van der Waals surface area contributed by atoms with E-state index in [4.69, 9.17) is 0 Å². The molecule has 3 aliphatic rings. The Labute approximate surface area is 139 Å². The molecule has 1 aromatic heterocycles. The van der Waals surface area contributed by atoms with E-state index < -0.39 is 27.8 Å². The highest BCUT2D eigenvalue weighted by Crippen LogP contribution is 2.51. The fourth-order valence-electron chi connectivity index (χ4n) is 3.78. The third-order valence-electron chi connectivity index (χ3n) is 5.42. The molecule has 4 rings (SSSR count). The Hall–Kier alpha value is -1.35. The molecule has 3 fully saturated rings. The summed E-state index contributed by atoms with van der Waals surface area (Å²) in [5.41, 5.74) is -1.35. The van der Waals surface area contributed by atoms with Gasteiger partial charge in [0.2, 0.25) is 16.0 Å². The van der Waals surface area contributed by atoms with E-state index in [1.807, 2.05) is 0 Å². The molecule has 3 heterocycles. The molecule has 2 saturated heterocycles. The monoisotopic (exact) mass is 358 g/mol. The number of aromatic nitrogens is 2. The molecular weight excluding hydrogens is 338 g/mol. The second-order valence-electron chi connectivity index (χ2n) is 7.03. The van der Waals surface area contributed by atoms with E-state index in [-0.39, 0.29) is 31.3 Å². The molecule has 1 aliphatic carbocycles. The van der Waals surface area contributed by atoms with Crippen LogP contribution in [0.2, 0.25) is 0 Å². The second kappa shape index (κ2) is 5.32. The Morgan fingerprint density at radius 3 is 2.46 bits per heavy atom. The lowest BCUT2D eigenvalue weighted by molar-refractivity contribution is -0.145. The van der Waals surface area contributed by atoms with Gasteiger partial charge in [0.15, 0.2) is 0 Å². The molecule has 0 radical (unpaired) electrons. The third kappa shape index (κ3) is 2.48. The third-order valence-corrected chi connectivity index (χ3v) is 7.77. The molecule has 9 heteroatoms. The maximum Gasteiger partial charge on any atom is 0.257 e. The molecule has 1 unspecified atom stereocenters. The van der Waals surface area contributed by atoms with Crippen LogP contribution < -0.4 is 4.90 Å². The predicted molar refractivity (Wildman–Crippen MR) is 84.4 cm³/mol. The maximum absolute atomic E-state index is 14.7. The number of halogens is 2. The van der Waals surface area contributed by atoms with Gasteiger partial charge in [-0.15, -0.1) is 0 Å². The van der Waals surface area contributed by atoms with Gasteiger partial charge < -0.3 is 4.90 Å². The van der Waals surface area contributed by atoms with Crippen LogP contribution in [0, 0.1) is 5.41 Å². The van der Waals surface area contributed by atoms with Crippen molar-refractivity contribution in [2.75, 3.05) is 31.1 Å². The Bertz CT molecular complexity index is 726. The van der Waals surface area contributed by atoms with Crippen LogP contribution in [-0.2, 0) is 10.0 Å². The van der Waals surface area contributed by atoms with Gasteiger partial charge in [0, 0.05) is 45.0 Å². The zero-order valence-electron chi connectivity index (χ0n) is 13.2. The summed E-state index contributed by atoms with van der Waals surface area (Å²) in [6.45, 7) is 0.301. The first-order valence-corrected chi connectivity index (χ1v) is 9.73. The number of nitrogens with zero attached hydrogens (tertiary/aromatic N) is 4. The molecule has 1 aromatic rings. The van der Waals surface area contributed by atoms with Gasteiger partial charge in [-0.05, 0) is 25.3 Å². The van der Waals surface area contributed by atoms with Crippen molar-refractivity contribution in [2.45, 2.75) is 36.9 Å². The summed E-state index contributed by atoms with van der Waals surface area (Å²) < 4.78 is 55.8. The van der Waals surface area contributed by atoms with Crippen molar-refractivity contribution in [3.63, 3.8) is 0 Å². The van der Waals surface area contributed by atoms with Gasteiger partial charge in [-0.2, -0.15) is 0 Å². The molecule has 1 spiro atoms. The van der Waals surface area contributed by atoms with E-state index in [9.17, 15) is 17.2 Å². The summed E-state index contributed by atoms with van der Waals surface area (Å²) in [5.74, 6) is -2.46. The molecule has 132 valence electrons. The van der Waals surface area contributed by atoms with Gasteiger partial charge in [0.05, 0.1) is 10.7 Å². The number of hydrogen-bond donors (Lipinski definition) is 0. The Kier molecular flexibility index (Phi) is 3.58. The highest BCUT2D eigenvalue weighted by Gasteiger charge is 2.61. The predicted octanol–water partition coefficient (Wildman–Crippen LogP) is 1.51. The summed E-state index contributed by atoms with van der Waals surface area (Å²) in [6.07, 6.45) is 4.28. The van der Waals surface area contributed by atoms with Gasteiger partial charge in [-0.1, -0.05) is 0 Å². The zero-order valence-corrected chi connectivity index (χ0v) is 14.1. The van der Waals surface area contributed by atoms with Crippen LogP contribution in [0.25, 0.3) is 0 Å². The van der Waals surface area contributed by atoms with Gasteiger partial charge >= 0.3 is 0 Å². The molecule has 1 saturated carbocycles. The fourth-order valence-corrected chi connectivity index (χ4v) is 5.71. The van der Waals surface area contributed by atoms with Crippen LogP contribution in [0.5, 0.6) is 0 Å². The summed E-state index contributed by atoms with van der Waals surface area (Å²) in [6, 6.07) is 1.68. The fraction of sp³-hybridized carbons (Fsp3) is 0.733. The van der Waals surface area contributed by atoms with Crippen molar-refractivity contribution in [3.05, 3.63) is 18.5 Å². The highest BCUT2D eigenvalue weighted by molar-refractivity contribution is 7.90. The van der Waals surface area contributed by atoms with E-state index in [0.29, 0.717) is 25.3 Å². The van der Waals surface area contributed by atoms with Crippen LogP contribution in [0.1, 0.15) is 25.7 Å². The number of sulfonamides is 1. The first kappa shape index (κ1) is 16.1. The molecule has 6 nitrogen and oxygen atoms in total. The van der Waals surface area contributed by atoms with E-state index in [0.717, 1.165) is 0 Å². The van der Waals surface area contributed by atoms with Crippen molar-refractivity contribution >= 4 is 16.0 Å². The quantitative estimate of drug-likeness (QED) is 0.819. The minimum atomic E-state index is -3.43. The molecule has 24 heavy (non-hydrogen) atoms. The molecule has 0 bridgehead atoms. The largest absolute Gasteiger partial charge is 0.340 e. The first-order valence-electron chi connectivity index (χ1n) is 8.23. The summed E-state index contributed by atoms with van der Waals surface area (Å²) in [5, 5.41) is -0.365. The summed E-state index contributed by atoms with van der Waals surface area (Å²) in [4.78, 5) is 10.00. The Morgan fingerprint density at radius 2 is 1.79 bits per heavy atom. The number of rotatable bonds is 3. The summed E-state index contributed by atoms with van der Waals surface area (Å²) in [7, 11) is -3.43. The van der Waals surface area contributed by atoms with E-state index in [2.05, 4.69) is 9.97 Å². The standard InChI is InChI=1S/C15H20F2N4O2S/c16-15(17)5-9-21(24(22,23)12-2-3-12)11-14(15)4-8-20(10-14)13-18-6-1-7-19-13/h1,6-7,12H,2-5,8-11H2. The lowest BCUT2D eigenvalue weighted by Crippen LogP contribution is -2.58. The first-order chi connectivity index (χ1) is 11.3. The maximum atomic E-state index is 14.7. The zero-order chi connectivity index (χ0) is 17.0. The number of alkyl halides is 2. The smallest absolute Gasteiger partial charge is 0.257 e. The topological polar surface area (TPSA) is 66.4 Å². The van der Waals surface area contributed by atoms with Crippen LogP contribution in [0.15, 0.2) is 18.5 Å². The Morgan fingerprint density at radius 1 is 1.08 bits per heavy atom. The molecule has 0 N–H and O–H groups in total. The van der Waals surface area contributed by atoms with E-state index in [1.54, 1.807) is 23.4 Å². The van der Waals surface area contributed by atoms with E-state index in [1.165, 1.54) is 4.31 Å². The number of hydrogen-bond acceptors (Lipinski definition) is 5. The van der Waals surface area contributed by atoms with Crippen LogP contribution >= 0.6 is 0 Å². The average Bonchev–Trinajstić information content (AvgIpc) is 3.33. The molecule has 0 amide bonds. The molecular formula is C15H20F2N4O2S. The average molecular weight is 358 g/mol. The summed E-state index contributed by atoms with van der Waals surface area (Å²) >= 11 is 0. The van der Waals surface area contributed by atoms with Crippen molar-refractivity contribution in [1.29, 1.82) is 0 Å². The minimum absolute atomic E-state index is 0.0840. The minimum Gasteiger partial charge on any atom is -0.340 e. The van der Waals surface area contributed by atoms with E-state index >= 15 is 0 Å².